The van der Waals surface area contributed by atoms with Gasteiger partial charge in [-0.15, -0.1) is 11.3 Å². The predicted molar refractivity (Wildman–Crippen MR) is 73.6 cm³/mol. The summed E-state index contributed by atoms with van der Waals surface area (Å²) in [7, 11) is 1.67. The first-order chi connectivity index (χ1) is 8.88. The summed E-state index contributed by atoms with van der Waals surface area (Å²) in [6.07, 6.45) is 1.59. The number of ether oxygens (including phenoxy) is 1. The number of hydrogen-bond acceptors (Lipinski definition) is 4. The van der Waals surface area contributed by atoms with E-state index in [4.69, 9.17) is 4.74 Å². The van der Waals surface area contributed by atoms with E-state index in [1.54, 1.807) is 24.8 Å². The van der Waals surface area contributed by atoms with Crippen LogP contribution in [0.5, 0.6) is 0 Å². The van der Waals surface area contributed by atoms with Crippen LogP contribution in [-0.2, 0) is 11.3 Å². The van der Waals surface area contributed by atoms with Gasteiger partial charge in [-0.05, 0) is 12.1 Å². The first kappa shape index (κ1) is 11.3. The highest BCUT2D eigenvalue weighted by atomic mass is 32.1. The van der Waals surface area contributed by atoms with Crippen LogP contribution in [0.2, 0.25) is 0 Å². The lowest BCUT2D eigenvalue weighted by Gasteiger charge is -2.02. The van der Waals surface area contributed by atoms with Crippen molar-refractivity contribution in [1.29, 1.82) is 0 Å². The van der Waals surface area contributed by atoms with Gasteiger partial charge in [-0.25, -0.2) is 9.97 Å². The number of hydrogen-bond donors (Lipinski definition) is 0. The van der Waals surface area contributed by atoms with Crippen molar-refractivity contribution in [2.75, 3.05) is 7.11 Å². The third-order valence-corrected chi connectivity index (χ3v) is 3.74. The maximum absolute atomic E-state index is 5.10. The van der Waals surface area contributed by atoms with Gasteiger partial charge in [-0.2, -0.15) is 0 Å². The van der Waals surface area contributed by atoms with E-state index < -0.39 is 0 Å². The number of aromatic nitrogens is 2. The van der Waals surface area contributed by atoms with E-state index in [1.165, 1.54) is 10.1 Å². The van der Waals surface area contributed by atoms with Crippen LogP contribution < -0.4 is 0 Å². The Morgan fingerprint density at radius 2 is 2.11 bits per heavy atom. The highest BCUT2D eigenvalue weighted by molar-refractivity contribution is 7.17. The lowest BCUT2D eigenvalue weighted by molar-refractivity contribution is 0.181. The molecule has 0 saturated heterocycles. The largest absolute Gasteiger partial charge is 0.378 e. The van der Waals surface area contributed by atoms with E-state index >= 15 is 0 Å². The molecule has 0 saturated carbocycles. The van der Waals surface area contributed by atoms with Crippen LogP contribution in [0.1, 0.15) is 5.69 Å². The van der Waals surface area contributed by atoms with E-state index in [9.17, 15) is 0 Å². The van der Waals surface area contributed by atoms with Crippen LogP contribution in [0.4, 0.5) is 0 Å². The van der Waals surface area contributed by atoms with Gasteiger partial charge in [0, 0.05) is 28.1 Å². The molecule has 3 aromatic rings. The average Bonchev–Trinajstić information content (AvgIpc) is 2.83. The lowest BCUT2D eigenvalue weighted by atomic mass is 10.1. The zero-order valence-electron chi connectivity index (χ0n) is 9.96. The Balaban J connectivity index is 2.11. The standard InChI is InChI=1S/C14H12N2OS/c1-17-7-10-6-13(16-9-15-10)12-8-18-14-5-3-2-4-11(12)14/h2-6,8-9H,7H2,1H3. The molecular formula is C14H12N2OS. The summed E-state index contributed by atoms with van der Waals surface area (Å²) in [6, 6.07) is 10.3. The number of fused-ring (bicyclic) bond motifs is 1. The second-order valence-electron chi connectivity index (χ2n) is 3.97. The van der Waals surface area contributed by atoms with Crippen LogP contribution in [0, 0.1) is 0 Å². The van der Waals surface area contributed by atoms with E-state index in [2.05, 4.69) is 39.6 Å². The van der Waals surface area contributed by atoms with Crippen LogP contribution in [0.3, 0.4) is 0 Å². The van der Waals surface area contributed by atoms with Gasteiger partial charge < -0.3 is 4.74 Å². The molecule has 4 heteroatoms. The molecule has 0 aliphatic carbocycles. The van der Waals surface area contributed by atoms with Gasteiger partial charge in [-0.3, -0.25) is 0 Å². The summed E-state index contributed by atoms with van der Waals surface area (Å²) >= 11 is 1.74. The first-order valence-electron chi connectivity index (χ1n) is 5.65. The Hall–Kier alpha value is -1.78. The summed E-state index contributed by atoms with van der Waals surface area (Å²) in [5.74, 6) is 0. The van der Waals surface area contributed by atoms with Crippen molar-refractivity contribution in [2.24, 2.45) is 0 Å². The Morgan fingerprint density at radius 1 is 1.22 bits per heavy atom. The van der Waals surface area contributed by atoms with Gasteiger partial charge in [0.1, 0.15) is 6.33 Å². The molecule has 0 bridgehead atoms. The first-order valence-corrected chi connectivity index (χ1v) is 6.53. The average molecular weight is 256 g/mol. The molecule has 2 aromatic heterocycles. The van der Waals surface area contributed by atoms with Gasteiger partial charge in [0.05, 0.1) is 18.0 Å². The second kappa shape index (κ2) is 4.84. The van der Waals surface area contributed by atoms with Crippen molar-refractivity contribution in [1.82, 2.24) is 9.97 Å². The molecule has 90 valence electrons. The summed E-state index contributed by atoms with van der Waals surface area (Å²) in [6.45, 7) is 0.511. The molecule has 0 radical (unpaired) electrons. The molecule has 2 heterocycles. The van der Waals surface area contributed by atoms with Gasteiger partial charge in [0.2, 0.25) is 0 Å². The fourth-order valence-corrected chi connectivity index (χ4v) is 2.90. The van der Waals surface area contributed by atoms with E-state index in [0.29, 0.717) is 6.61 Å². The van der Waals surface area contributed by atoms with Gasteiger partial charge in [-0.1, -0.05) is 18.2 Å². The highest BCUT2D eigenvalue weighted by Crippen LogP contribution is 2.32. The highest BCUT2D eigenvalue weighted by Gasteiger charge is 2.08. The predicted octanol–water partition coefficient (Wildman–Crippen LogP) is 3.50. The quantitative estimate of drug-likeness (QED) is 0.719. The molecule has 0 fully saturated rings. The minimum atomic E-state index is 0.511. The topological polar surface area (TPSA) is 35.0 Å². The van der Waals surface area contributed by atoms with Gasteiger partial charge in [0.15, 0.2) is 0 Å². The molecule has 0 amide bonds. The number of rotatable bonds is 3. The molecule has 0 aliphatic rings. The van der Waals surface area contributed by atoms with E-state index in [1.807, 2.05) is 6.07 Å². The van der Waals surface area contributed by atoms with Crippen molar-refractivity contribution in [2.45, 2.75) is 6.61 Å². The van der Waals surface area contributed by atoms with E-state index in [0.717, 1.165) is 17.0 Å². The normalized spacial score (nSPS) is 10.9. The minimum Gasteiger partial charge on any atom is -0.378 e. The van der Waals surface area contributed by atoms with Gasteiger partial charge in [0.25, 0.3) is 0 Å². The van der Waals surface area contributed by atoms with Crippen molar-refractivity contribution < 1.29 is 4.74 Å². The molecule has 0 N–H and O–H groups in total. The zero-order chi connectivity index (χ0) is 12.4. The molecule has 18 heavy (non-hydrogen) atoms. The Morgan fingerprint density at radius 3 is 3.00 bits per heavy atom. The van der Waals surface area contributed by atoms with E-state index in [-0.39, 0.29) is 0 Å². The van der Waals surface area contributed by atoms with Crippen LogP contribution in [-0.4, -0.2) is 17.1 Å². The summed E-state index contributed by atoms with van der Waals surface area (Å²) in [5.41, 5.74) is 3.02. The Labute approximate surface area is 109 Å². The lowest BCUT2D eigenvalue weighted by Crippen LogP contribution is -1.94. The van der Waals surface area contributed by atoms with Crippen molar-refractivity contribution in [3.8, 4) is 11.3 Å². The smallest absolute Gasteiger partial charge is 0.116 e. The summed E-state index contributed by atoms with van der Waals surface area (Å²) < 4.78 is 6.38. The fourth-order valence-electron chi connectivity index (χ4n) is 1.95. The SMILES string of the molecule is COCc1cc(-c2csc3ccccc23)ncn1. The Kier molecular flexibility index (Phi) is 3.04. The number of methoxy groups -OCH3 is 1. The minimum absolute atomic E-state index is 0.511. The molecule has 0 aliphatic heterocycles. The number of benzene rings is 1. The maximum Gasteiger partial charge on any atom is 0.116 e. The molecule has 1 aromatic carbocycles. The summed E-state index contributed by atoms with van der Waals surface area (Å²) in [4.78, 5) is 8.54. The molecule has 0 unspecified atom stereocenters. The number of thiophene rings is 1. The van der Waals surface area contributed by atoms with Crippen LogP contribution in [0.25, 0.3) is 21.3 Å². The van der Waals surface area contributed by atoms with Crippen LogP contribution >= 0.6 is 11.3 Å². The fraction of sp³-hybridized carbons (Fsp3) is 0.143. The molecule has 3 rings (SSSR count). The molecular weight excluding hydrogens is 244 g/mol. The second-order valence-corrected chi connectivity index (χ2v) is 4.88. The zero-order valence-corrected chi connectivity index (χ0v) is 10.8. The molecule has 0 atom stereocenters. The van der Waals surface area contributed by atoms with Crippen LogP contribution in [0.15, 0.2) is 42.0 Å². The third-order valence-electron chi connectivity index (χ3n) is 2.77. The third kappa shape index (κ3) is 2.00. The Bertz CT molecular complexity index is 678. The van der Waals surface area contributed by atoms with Crippen molar-refractivity contribution in [3.63, 3.8) is 0 Å². The summed E-state index contributed by atoms with van der Waals surface area (Å²) in [5, 5.41) is 3.38. The van der Waals surface area contributed by atoms with Gasteiger partial charge >= 0.3 is 0 Å². The molecule has 0 spiro atoms. The number of nitrogens with zero attached hydrogens (tertiary/aromatic N) is 2. The van der Waals surface area contributed by atoms with Crippen molar-refractivity contribution >= 4 is 21.4 Å². The monoisotopic (exact) mass is 256 g/mol. The maximum atomic E-state index is 5.10. The molecule has 3 nitrogen and oxygen atoms in total. The van der Waals surface area contributed by atoms with Crippen molar-refractivity contribution in [3.05, 3.63) is 47.7 Å².